The summed E-state index contributed by atoms with van der Waals surface area (Å²) < 4.78 is 10.0. The van der Waals surface area contributed by atoms with Crippen LogP contribution in [0.2, 0.25) is 0 Å². The Hall–Kier alpha value is -1.36. The third-order valence-electron chi connectivity index (χ3n) is 2.28. The number of aryl methyl sites for hydroxylation is 1. The van der Waals surface area contributed by atoms with Crippen molar-refractivity contribution in [2.45, 2.75) is 6.92 Å². The largest absolute Gasteiger partial charge is 0.378 e. The number of hydrogen-bond donors (Lipinski definition) is 0. The minimum atomic E-state index is -0.0212. The summed E-state index contributed by atoms with van der Waals surface area (Å²) in [5.74, 6) is 0.550. The number of morpholine rings is 1. The van der Waals surface area contributed by atoms with Gasteiger partial charge in [-0.15, -0.1) is 0 Å². The number of carbonyl (C=O) groups excluding carboxylic acids is 1. The molecule has 1 saturated heterocycles. The monoisotopic (exact) mass is 196 g/mol. The van der Waals surface area contributed by atoms with Crippen molar-refractivity contribution in [3.05, 3.63) is 17.5 Å². The van der Waals surface area contributed by atoms with Crippen molar-refractivity contribution in [3.8, 4) is 0 Å². The summed E-state index contributed by atoms with van der Waals surface area (Å²) in [5, 5.41) is 3.58. The molecule has 0 aromatic carbocycles. The summed E-state index contributed by atoms with van der Waals surface area (Å²) in [7, 11) is 0. The molecule has 0 unspecified atom stereocenters. The smallest absolute Gasteiger partial charge is 0.259 e. The zero-order chi connectivity index (χ0) is 9.97. The van der Waals surface area contributed by atoms with Crippen molar-refractivity contribution < 1.29 is 14.1 Å². The molecule has 0 bridgehead atoms. The average molecular weight is 196 g/mol. The molecule has 1 aliphatic rings. The van der Waals surface area contributed by atoms with Crippen molar-refractivity contribution in [2.75, 3.05) is 26.3 Å². The number of amides is 1. The Kier molecular flexibility index (Phi) is 2.49. The van der Waals surface area contributed by atoms with E-state index in [9.17, 15) is 4.79 Å². The Morgan fingerprint density at radius 1 is 1.50 bits per heavy atom. The highest BCUT2D eigenvalue weighted by Crippen LogP contribution is 2.10. The molecule has 1 aromatic rings. The molecular formula is C9H12N2O3. The van der Waals surface area contributed by atoms with Crippen molar-refractivity contribution in [1.82, 2.24) is 10.1 Å². The van der Waals surface area contributed by atoms with Gasteiger partial charge in [0.1, 0.15) is 11.3 Å². The molecule has 0 atom stereocenters. The van der Waals surface area contributed by atoms with E-state index >= 15 is 0 Å². The van der Waals surface area contributed by atoms with Crippen LogP contribution in [0.4, 0.5) is 0 Å². The second-order valence-electron chi connectivity index (χ2n) is 3.20. The number of nitrogens with zero attached hydrogens (tertiary/aromatic N) is 2. The lowest BCUT2D eigenvalue weighted by Gasteiger charge is -2.26. The molecule has 1 aliphatic heterocycles. The van der Waals surface area contributed by atoms with Crippen LogP contribution in [0.15, 0.2) is 10.7 Å². The first kappa shape index (κ1) is 9.21. The molecule has 5 nitrogen and oxygen atoms in total. The van der Waals surface area contributed by atoms with E-state index < -0.39 is 0 Å². The molecule has 0 saturated carbocycles. The van der Waals surface area contributed by atoms with Crippen LogP contribution in [-0.4, -0.2) is 42.3 Å². The van der Waals surface area contributed by atoms with Crippen LogP contribution in [-0.2, 0) is 4.74 Å². The maximum absolute atomic E-state index is 11.9. The number of hydrogen-bond acceptors (Lipinski definition) is 4. The lowest BCUT2D eigenvalue weighted by Crippen LogP contribution is -2.40. The quantitative estimate of drug-likeness (QED) is 0.654. The molecular weight excluding hydrogens is 184 g/mol. The van der Waals surface area contributed by atoms with Crippen LogP contribution >= 0.6 is 0 Å². The van der Waals surface area contributed by atoms with Crippen LogP contribution in [0.1, 0.15) is 16.1 Å². The molecule has 1 aromatic heterocycles. The fraction of sp³-hybridized carbons (Fsp3) is 0.556. The predicted molar refractivity (Wildman–Crippen MR) is 48.0 cm³/mol. The maximum atomic E-state index is 11.9. The van der Waals surface area contributed by atoms with Gasteiger partial charge in [-0.05, 0) is 6.92 Å². The van der Waals surface area contributed by atoms with E-state index in [1.807, 2.05) is 0 Å². The lowest BCUT2D eigenvalue weighted by atomic mass is 10.2. The summed E-state index contributed by atoms with van der Waals surface area (Å²) >= 11 is 0. The zero-order valence-electron chi connectivity index (χ0n) is 8.02. The minimum Gasteiger partial charge on any atom is -0.378 e. The molecule has 1 fully saturated rings. The van der Waals surface area contributed by atoms with E-state index in [-0.39, 0.29) is 5.91 Å². The van der Waals surface area contributed by atoms with E-state index in [1.165, 1.54) is 6.20 Å². The van der Waals surface area contributed by atoms with Gasteiger partial charge in [0.25, 0.3) is 5.91 Å². The fourth-order valence-corrected chi connectivity index (χ4v) is 1.44. The topological polar surface area (TPSA) is 55.6 Å². The Bertz CT molecular complexity index is 329. The molecule has 14 heavy (non-hydrogen) atoms. The first-order valence-electron chi connectivity index (χ1n) is 4.57. The molecule has 1 amide bonds. The summed E-state index contributed by atoms with van der Waals surface area (Å²) in [6.45, 7) is 4.24. The zero-order valence-corrected chi connectivity index (χ0v) is 8.02. The van der Waals surface area contributed by atoms with Gasteiger partial charge in [-0.1, -0.05) is 5.16 Å². The lowest BCUT2D eigenvalue weighted by molar-refractivity contribution is 0.0301. The number of ether oxygens (including phenoxy) is 1. The van der Waals surface area contributed by atoms with E-state index in [0.717, 1.165) is 0 Å². The first-order chi connectivity index (χ1) is 6.79. The van der Waals surface area contributed by atoms with Crippen LogP contribution in [0.25, 0.3) is 0 Å². The van der Waals surface area contributed by atoms with Gasteiger partial charge in [-0.3, -0.25) is 4.79 Å². The molecule has 2 rings (SSSR count). The maximum Gasteiger partial charge on any atom is 0.259 e. The normalized spacial score (nSPS) is 17.1. The Balaban J connectivity index is 2.11. The van der Waals surface area contributed by atoms with Gasteiger partial charge in [0.15, 0.2) is 0 Å². The molecule has 5 heteroatoms. The van der Waals surface area contributed by atoms with Gasteiger partial charge < -0.3 is 14.2 Å². The number of rotatable bonds is 1. The second kappa shape index (κ2) is 3.79. The number of aromatic nitrogens is 1. The Morgan fingerprint density at radius 2 is 2.21 bits per heavy atom. The summed E-state index contributed by atoms with van der Waals surface area (Å²) in [5.41, 5.74) is 0.548. The van der Waals surface area contributed by atoms with E-state index in [2.05, 4.69) is 5.16 Å². The highest BCUT2D eigenvalue weighted by molar-refractivity contribution is 5.94. The third kappa shape index (κ3) is 1.63. The van der Waals surface area contributed by atoms with Gasteiger partial charge in [-0.25, -0.2) is 0 Å². The van der Waals surface area contributed by atoms with Crippen LogP contribution in [0.3, 0.4) is 0 Å². The van der Waals surface area contributed by atoms with E-state index in [0.29, 0.717) is 37.6 Å². The molecule has 0 spiro atoms. The van der Waals surface area contributed by atoms with Crippen LogP contribution < -0.4 is 0 Å². The number of carbonyl (C=O) groups is 1. The van der Waals surface area contributed by atoms with E-state index in [4.69, 9.17) is 9.26 Å². The summed E-state index contributed by atoms with van der Waals surface area (Å²) in [4.78, 5) is 13.6. The van der Waals surface area contributed by atoms with Crippen molar-refractivity contribution in [1.29, 1.82) is 0 Å². The highest BCUT2D eigenvalue weighted by atomic mass is 16.5. The SMILES string of the molecule is Cc1oncc1C(=O)N1CCOCC1. The molecule has 0 N–H and O–H groups in total. The van der Waals surface area contributed by atoms with Crippen molar-refractivity contribution in [3.63, 3.8) is 0 Å². The average Bonchev–Trinajstić information content (AvgIpc) is 2.65. The first-order valence-corrected chi connectivity index (χ1v) is 4.57. The molecule has 76 valence electrons. The van der Waals surface area contributed by atoms with Crippen LogP contribution in [0, 0.1) is 6.92 Å². The minimum absolute atomic E-state index is 0.0212. The van der Waals surface area contributed by atoms with Crippen LogP contribution in [0.5, 0.6) is 0 Å². The van der Waals surface area contributed by atoms with Crippen molar-refractivity contribution in [2.24, 2.45) is 0 Å². The summed E-state index contributed by atoms with van der Waals surface area (Å²) in [6.07, 6.45) is 1.47. The molecule has 0 aliphatic carbocycles. The fourth-order valence-electron chi connectivity index (χ4n) is 1.44. The van der Waals surface area contributed by atoms with Crippen molar-refractivity contribution >= 4 is 5.91 Å². The molecule has 2 heterocycles. The molecule has 0 radical (unpaired) electrons. The van der Waals surface area contributed by atoms with Gasteiger partial charge in [0.2, 0.25) is 0 Å². The Morgan fingerprint density at radius 3 is 2.79 bits per heavy atom. The third-order valence-corrected chi connectivity index (χ3v) is 2.28. The van der Waals surface area contributed by atoms with Gasteiger partial charge in [0.05, 0.1) is 19.4 Å². The van der Waals surface area contributed by atoms with Gasteiger partial charge >= 0.3 is 0 Å². The van der Waals surface area contributed by atoms with E-state index in [1.54, 1.807) is 11.8 Å². The summed E-state index contributed by atoms with van der Waals surface area (Å²) in [6, 6.07) is 0. The van der Waals surface area contributed by atoms with Gasteiger partial charge in [-0.2, -0.15) is 0 Å². The Labute approximate surface area is 81.6 Å². The standard InChI is InChI=1S/C9H12N2O3/c1-7-8(6-10-14-7)9(12)11-2-4-13-5-3-11/h6H,2-5H2,1H3. The van der Waals surface area contributed by atoms with Gasteiger partial charge in [0, 0.05) is 13.1 Å². The predicted octanol–water partition coefficient (Wildman–Crippen LogP) is 0.455. The second-order valence-corrected chi connectivity index (χ2v) is 3.20. The highest BCUT2D eigenvalue weighted by Gasteiger charge is 2.21.